The minimum Gasteiger partial charge on any atom is -0.310 e. The van der Waals surface area contributed by atoms with Crippen LogP contribution in [0.5, 0.6) is 0 Å². The number of nitrogens with zero attached hydrogens (tertiary/aromatic N) is 3. The third kappa shape index (κ3) is 6.93. The van der Waals surface area contributed by atoms with Gasteiger partial charge in [-0.1, -0.05) is 176 Å². The number of para-hydroxylation sites is 3. The first kappa shape index (κ1) is 39.8. The van der Waals surface area contributed by atoms with Crippen molar-refractivity contribution in [3.63, 3.8) is 0 Å². The molecular weight excluding hydrogens is 843 g/mol. The Bertz CT molecular complexity index is 3800. The van der Waals surface area contributed by atoms with Crippen LogP contribution < -0.4 is 9.80 Å². The van der Waals surface area contributed by atoms with Crippen LogP contribution in [0.2, 0.25) is 0 Å². The summed E-state index contributed by atoms with van der Waals surface area (Å²) in [5.74, 6) is 0. The van der Waals surface area contributed by atoms with Gasteiger partial charge in [0.15, 0.2) is 0 Å². The fourth-order valence-corrected chi connectivity index (χ4v) is 11.2. The minimum absolute atomic E-state index is 1.11. The lowest BCUT2D eigenvalue weighted by Gasteiger charge is -2.33. The summed E-state index contributed by atoms with van der Waals surface area (Å²) in [4.78, 5) is 7.24. The zero-order valence-electron chi connectivity index (χ0n) is 37.1. The van der Waals surface area contributed by atoms with E-state index in [0.717, 1.165) is 22.7 Å². The Morgan fingerprint density at radius 1 is 0.309 bits per heavy atom. The second kappa shape index (κ2) is 16.7. The van der Waals surface area contributed by atoms with Crippen molar-refractivity contribution >= 4 is 78.5 Å². The second-order valence-electron chi connectivity index (χ2n) is 17.4. The van der Waals surface area contributed by atoms with E-state index in [2.05, 4.69) is 275 Å². The van der Waals surface area contributed by atoms with Crippen LogP contribution in [0.25, 0.3) is 71.6 Å². The topological polar surface area (TPSA) is 11.4 Å². The molecule has 0 radical (unpaired) electrons. The highest BCUT2D eigenvalue weighted by atomic mass is 32.2. The molecule has 0 spiro atoms. The Labute approximate surface area is 400 Å². The molecule has 4 heteroatoms. The maximum Gasteiger partial charge on any atom is 0.0602 e. The molecule has 0 atom stereocenters. The molecule has 0 N–H and O–H groups in total. The van der Waals surface area contributed by atoms with E-state index < -0.39 is 0 Å². The smallest absolute Gasteiger partial charge is 0.0602 e. The number of anilines is 6. The first-order valence-electron chi connectivity index (χ1n) is 23.2. The van der Waals surface area contributed by atoms with Gasteiger partial charge >= 0.3 is 0 Å². The van der Waals surface area contributed by atoms with Crippen molar-refractivity contribution in [2.45, 2.75) is 9.79 Å². The van der Waals surface area contributed by atoms with Crippen molar-refractivity contribution in [3.8, 4) is 39.1 Å². The van der Waals surface area contributed by atoms with E-state index in [0.29, 0.717) is 0 Å². The number of hydrogen-bond acceptors (Lipinski definition) is 3. The van der Waals surface area contributed by atoms with E-state index in [1.807, 2.05) is 11.8 Å². The molecule has 320 valence electrons. The van der Waals surface area contributed by atoms with Gasteiger partial charge in [-0.05, 0) is 136 Å². The Kier molecular flexibility index (Phi) is 9.76. The van der Waals surface area contributed by atoms with Crippen molar-refractivity contribution in [2.75, 3.05) is 9.80 Å². The van der Waals surface area contributed by atoms with E-state index >= 15 is 0 Å². The van der Waals surface area contributed by atoms with E-state index in [1.54, 1.807) is 0 Å². The van der Waals surface area contributed by atoms with Crippen LogP contribution in [0.4, 0.5) is 34.1 Å². The quantitative estimate of drug-likeness (QED) is 0.151. The highest BCUT2D eigenvalue weighted by Gasteiger charge is 2.26. The Balaban J connectivity index is 0.872. The molecule has 68 heavy (non-hydrogen) atoms. The average Bonchev–Trinajstić information content (AvgIpc) is 3.75. The van der Waals surface area contributed by atoms with Gasteiger partial charge in [0.25, 0.3) is 0 Å². The molecule has 0 amide bonds. The number of aromatic nitrogens is 1. The first-order chi connectivity index (χ1) is 33.7. The van der Waals surface area contributed by atoms with Crippen molar-refractivity contribution < 1.29 is 0 Å². The molecule has 0 fully saturated rings. The number of benzene rings is 11. The van der Waals surface area contributed by atoms with E-state index in [9.17, 15) is 0 Å². The fourth-order valence-electron chi connectivity index (χ4n) is 10.1. The second-order valence-corrected chi connectivity index (χ2v) is 18.4. The summed E-state index contributed by atoms with van der Waals surface area (Å²) < 4.78 is 2.37. The van der Waals surface area contributed by atoms with Gasteiger partial charge < -0.3 is 14.4 Å². The van der Waals surface area contributed by atoms with Crippen LogP contribution >= 0.6 is 11.8 Å². The first-order valence-corrected chi connectivity index (χ1v) is 24.0. The van der Waals surface area contributed by atoms with Crippen molar-refractivity contribution in [1.29, 1.82) is 0 Å². The molecule has 0 saturated heterocycles. The van der Waals surface area contributed by atoms with Crippen molar-refractivity contribution in [3.05, 3.63) is 261 Å². The number of fused-ring (bicyclic) bond motifs is 6. The molecule has 2 heterocycles. The van der Waals surface area contributed by atoms with E-state index in [-0.39, 0.29) is 0 Å². The van der Waals surface area contributed by atoms with Gasteiger partial charge in [0, 0.05) is 48.7 Å². The fraction of sp³-hybridized carbons (Fsp3) is 0. The van der Waals surface area contributed by atoms with E-state index in [1.165, 1.54) is 92.8 Å². The minimum atomic E-state index is 1.11. The van der Waals surface area contributed by atoms with Gasteiger partial charge in [-0.25, -0.2) is 0 Å². The van der Waals surface area contributed by atoms with Crippen molar-refractivity contribution in [2.24, 2.45) is 0 Å². The zero-order chi connectivity index (χ0) is 45.0. The molecule has 1 aliphatic rings. The van der Waals surface area contributed by atoms with Gasteiger partial charge in [0.05, 0.1) is 28.1 Å². The van der Waals surface area contributed by atoms with Gasteiger partial charge in [-0.15, -0.1) is 0 Å². The lowest BCUT2D eigenvalue weighted by molar-refractivity contribution is 1.17. The Morgan fingerprint density at radius 3 is 1.51 bits per heavy atom. The lowest BCUT2D eigenvalue weighted by Crippen LogP contribution is -2.15. The van der Waals surface area contributed by atoms with Crippen LogP contribution in [0.1, 0.15) is 0 Å². The normalized spacial score (nSPS) is 12.0. The highest BCUT2D eigenvalue weighted by molar-refractivity contribution is 7.99. The molecule has 12 aromatic rings. The van der Waals surface area contributed by atoms with Crippen LogP contribution in [-0.2, 0) is 0 Å². The highest BCUT2D eigenvalue weighted by Crippen LogP contribution is 2.53. The molecule has 0 saturated carbocycles. The number of rotatable bonds is 8. The van der Waals surface area contributed by atoms with Crippen LogP contribution in [0.3, 0.4) is 0 Å². The Hall–Kier alpha value is -8.57. The summed E-state index contributed by atoms with van der Waals surface area (Å²) in [6, 6.07) is 94.8. The largest absolute Gasteiger partial charge is 0.310 e. The molecule has 11 aromatic carbocycles. The molecule has 0 bridgehead atoms. The van der Waals surface area contributed by atoms with Crippen LogP contribution in [-0.4, -0.2) is 4.57 Å². The standard InChI is InChI=1S/C64H43N3S/c1-4-15-44(16-5-1)49-32-39-61-63(42-49)68-64-43-50(46-27-34-53(35-28-46)65(51-19-6-2-7-20-51)58-26-14-18-47-17-10-11-23-55(47)58)33-40-62(64)67(61)54-36-29-45(30-37-54)48-31-38-60-57(41-48)56-24-12-13-25-59(56)66(60)52-21-8-3-9-22-52/h1-43H. The van der Waals surface area contributed by atoms with Gasteiger partial charge in [0.1, 0.15) is 0 Å². The van der Waals surface area contributed by atoms with E-state index in [4.69, 9.17) is 0 Å². The average molecular weight is 886 g/mol. The molecule has 1 aromatic heterocycles. The summed E-state index contributed by atoms with van der Waals surface area (Å²) in [5, 5.41) is 4.94. The predicted octanol–water partition coefficient (Wildman–Crippen LogP) is 18.3. The molecule has 0 aliphatic carbocycles. The molecule has 3 nitrogen and oxygen atoms in total. The van der Waals surface area contributed by atoms with Gasteiger partial charge in [-0.3, -0.25) is 0 Å². The summed E-state index contributed by atoms with van der Waals surface area (Å²) >= 11 is 1.85. The maximum absolute atomic E-state index is 2.44. The summed E-state index contributed by atoms with van der Waals surface area (Å²) in [6.45, 7) is 0. The monoisotopic (exact) mass is 885 g/mol. The molecule has 0 unspecified atom stereocenters. The lowest BCUT2D eigenvalue weighted by atomic mass is 10.0. The van der Waals surface area contributed by atoms with Gasteiger partial charge in [-0.2, -0.15) is 0 Å². The zero-order valence-corrected chi connectivity index (χ0v) is 37.9. The molecular formula is C64H43N3S. The summed E-state index contributed by atoms with van der Waals surface area (Å²) in [7, 11) is 0. The SMILES string of the molecule is c1ccc(-c2ccc3c(c2)Sc2cc(-c4ccc(N(c5ccccc5)c5cccc6ccccc56)cc4)ccc2N3c2ccc(-c3ccc4c(c3)c3ccccc3n4-c3ccccc3)cc2)cc1. The third-order valence-electron chi connectivity index (χ3n) is 13.4. The molecule has 13 rings (SSSR count). The van der Waals surface area contributed by atoms with Gasteiger partial charge in [0.2, 0.25) is 0 Å². The maximum atomic E-state index is 2.44. The molecule has 1 aliphatic heterocycles. The Morgan fingerprint density at radius 2 is 0.809 bits per heavy atom. The third-order valence-corrected chi connectivity index (χ3v) is 14.4. The predicted molar refractivity (Wildman–Crippen MR) is 288 cm³/mol. The van der Waals surface area contributed by atoms with Crippen molar-refractivity contribution in [1.82, 2.24) is 4.57 Å². The van der Waals surface area contributed by atoms with Crippen LogP contribution in [0, 0.1) is 0 Å². The number of hydrogen-bond donors (Lipinski definition) is 0. The summed E-state index contributed by atoms with van der Waals surface area (Å²) in [5.41, 5.74) is 17.6. The summed E-state index contributed by atoms with van der Waals surface area (Å²) in [6.07, 6.45) is 0. The van der Waals surface area contributed by atoms with Crippen LogP contribution in [0.15, 0.2) is 271 Å².